The van der Waals surface area contributed by atoms with Crippen molar-refractivity contribution in [1.82, 2.24) is 0 Å². The molecule has 1 amide bonds. The highest BCUT2D eigenvalue weighted by molar-refractivity contribution is 9.10. The van der Waals surface area contributed by atoms with E-state index < -0.39 is 31.5 Å². The van der Waals surface area contributed by atoms with Crippen molar-refractivity contribution >= 4 is 55.2 Å². The summed E-state index contributed by atoms with van der Waals surface area (Å²) in [6, 6.07) is 15.2. The number of anilines is 1. The summed E-state index contributed by atoms with van der Waals surface area (Å²) in [5.41, 5.74) is 0.0408. The van der Waals surface area contributed by atoms with E-state index in [9.17, 15) is 33.4 Å². The van der Waals surface area contributed by atoms with Crippen LogP contribution in [0.4, 0.5) is 11.4 Å². The van der Waals surface area contributed by atoms with Crippen LogP contribution in [0.3, 0.4) is 0 Å². The summed E-state index contributed by atoms with van der Waals surface area (Å²) in [6.07, 6.45) is 1.23. The molecule has 3 aromatic carbocycles. The first-order chi connectivity index (χ1) is 18.0. The van der Waals surface area contributed by atoms with Crippen molar-refractivity contribution in [1.29, 1.82) is 5.26 Å². The lowest BCUT2D eigenvalue weighted by atomic mass is 10.1. The minimum atomic E-state index is -4.50. The lowest BCUT2D eigenvalue weighted by Gasteiger charge is -2.14. The molecular weight excluding hydrogens is 582 g/mol. The van der Waals surface area contributed by atoms with E-state index in [2.05, 4.69) is 21.2 Å². The number of amides is 1. The molecule has 3 aromatic rings. The summed E-state index contributed by atoms with van der Waals surface area (Å²) in [6.45, 7) is 1.35. The Bertz CT molecular complexity index is 1630. The number of halogens is 1. The van der Waals surface area contributed by atoms with Gasteiger partial charge in [-0.3, -0.25) is 19.7 Å². The number of nitro benzene ring substituents is 1. The van der Waals surface area contributed by atoms with E-state index in [0.29, 0.717) is 0 Å². The van der Waals surface area contributed by atoms with Gasteiger partial charge in [0.2, 0.25) is 0 Å². The zero-order valence-corrected chi connectivity index (χ0v) is 22.2. The van der Waals surface area contributed by atoms with E-state index in [0.717, 1.165) is 18.2 Å². The highest BCUT2D eigenvalue weighted by Crippen LogP contribution is 2.39. The monoisotopic (exact) mass is 599 g/mol. The first-order valence-corrected chi connectivity index (χ1v) is 12.8. The Kier molecular flexibility index (Phi) is 8.61. The fourth-order valence-corrected chi connectivity index (χ4v) is 4.86. The molecule has 0 bridgehead atoms. The number of para-hydroxylation sites is 1. The van der Waals surface area contributed by atoms with Gasteiger partial charge < -0.3 is 14.2 Å². The number of carbonyl (C=O) groups excluding carboxylic acids is 2. The quantitative estimate of drug-likeness (QED) is 0.0899. The van der Waals surface area contributed by atoms with Gasteiger partial charge in [0, 0.05) is 17.7 Å². The smallest absolute Gasteiger partial charge is 0.339 e. The average Bonchev–Trinajstić information content (AvgIpc) is 2.88. The third kappa shape index (κ3) is 6.41. The van der Waals surface area contributed by atoms with E-state index in [4.69, 9.17) is 8.92 Å². The second-order valence-electron chi connectivity index (χ2n) is 7.55. The van der Waals surface area contributed by atoms with E-state index in [1.165, 1.54) is 50.4 Å². The SMILES string of the molecule is COc1cc(/C=C(/C#N)C(=O)Nc2ccccc2C(C)=O)cc(Br)c1OS(=O)(=O)c1cccc([N+](=O)[O-])c1. The van der Waals surface area contributed by atoms with Gasteiger partial charge in [-0.15, -0.1) is 0 Å². The number of ketones is 1. The summed E-state index contributed by atoms with van der Waals surface area (Å²) in [5, 5.41) is 23.1. The molecule has 0 fully saturated rings. The van der Waals surface area contributed by atoms with Crippen molar-refractivity contribution in [3.8, 4) is 17.6 Å². The van der Waals surface area contributed by atoms with E-state index in [-0.39, 0.29) is 44.1 Å². The highest BCUT2D eigenvalue weighted by atomic mass is 79.9. The number of nitrogens with zero attached hydrogens (tertiary/aromatic N) is 2. The van der Waals surface area contributed by atoms with Crippen LogP contribution in [-0.2, 0) is 14.9 Å². The van der Waals surface area contributed by atoms with Crippen LogP contribution in [-0.4, -0.2) is 32.1 Å². The number of methoxy groups -OCH3 is 1. The van der Waals surface area contributed by atoms with Gasteiger partial charge in [0.05, 0.1) is 22.2 Å². The maximum atomic E-state index is 12.8. The number of hydrogen-bond acceptors (Lipinski definition) is 9. The molecule has 0 saturated carbocycles. The number of hydrogen-bond donors (Lipinski definition) is 1. The topological polar surface area (TPSA) is 166 Å². The van der Waals surface area contributed by atoms with Crippen molar-refractivity contribution < 1.29 is 31.9 Å². The van der Waals surface area contributed by atoms with Gasteiger partial charge in [0.1, 0.15) is 16.5 Å². The third-order valence-electron chi connectivity index (χ3n) is 4.99. The van der Waals surface area contributed by atoms with Crippen LogP contribution in [0, 0.1) is 21.4 Å². The Labute approximate surface area is 225 Å². The van der Waals surface area contributed by atoms with Crippen molar-refractivity contribution in [3.63, 3.8) is 0 Å². The number of benzene rings is 3. The van der Waals surface area contributed by atoms with Crippen LogP contribution < -0.4 is 14.2 Å². The fourth-order valence-electron chi connectivity index (χ4n) is 3.22. The van der Waals surface area contributed by atoms with Gasteiger partial charge in [0.15, 0.2) is 17.3 Å². The van der Waals surface area contributed by atoms with Crippen LogP contribution in [0.5, 0.6) is 11.5 Å². The molecule has 0 unspecified atom stereocenters. The lowest BCUT2D eigenvalue weighted by molar-refractivity contribution is -0.385. The van der Waals surface area contributed by atoms with Gasteiger partial charge in [-0.1, -0.05) is 18.2 Å². The molecular formula is C25H18BrN3O8S. The van der Waals surface area contributed by atoms with Gasteiger partial charge in [-0.2, -0.15) is 13.7 Å². The molecule has 13 heteroatoms. The van der Waals surface area contributed by atoms with Crippen molar-refractivity contribution in [2.75, 3.05) is 12.4 Å². The molecule has 0 heterocycles. The molecule has 0 aromatic heterocycles. The molecule has 3 rings (SSSR count). The lowest BCUT2D eigenvalue weighted by Crippen LogP contribution is -2.15. The Morgan fingerprint density at radius 2 is 1.84 bits per heavy atom. The minimum Gasteiger partial charge on any atom is -0.493 e. The van der Waals surface area contributed by atoms with Crippen LogP contribution in [0.25, 0.3) is 6.08 Å². The summed E-state index contributed by atoms with van der Waals surface area (Å²) in [4.78, 5) is 34.4. The molecule has 0 radical (unpaired) electrons. The van der Waals surface area contributed by atoms with Crippen LogP contribution in [0.15, 0.2) is 75.6 Å². The molecule has 0 aliphatic carbocycles. The maximum Gasteiger partial charge on any atom is 0.339 e. The summed E-state index contributed by atoms with van der Waals surface area (Å²) >= 11 is 3.20. The molecule has 11 nitrogen and oxygen atoms in total. The molecule has 0 aliphatic heterocycles. The van der Waals surface area contributed by atoms with Crippen molar-refractivity contribution in [3.05, 3.63) is 92.0 Å². The number of rotatable bonds is 9. The zero-order valence-electron chi connectivity index (χ0n) is 19.8. The van der Waals surface area contributed by atoms with Crippen molar-refractivity contribution in [2.24, 2.45) is 0 Å². The zero-order chi connectivity index (χ0) is 28.0. The molecule has 0 saturated heterocycles. The third-order valence-corrected chi connectivity index (χ3v) is 6.80. The number of non-ortho nitro benzene ring substituents is 1. The molecule has 0 spiro atoms. The fraction of sp³-hybridized carbons (Fsp3) is 0.0800. The van der Waals surface area contributed by atoms with Gasteiger partial charge in [-0.05, 0) is 64.8 Å². The van der Waals surface area contributed by atoms with E-state index >= 15 is 0 Å². The Hall–Kier alpha value is -4.54. The van der Waals surface area contributed by atoms with Gasteiger partial charge in [0.25, 0.3) is 11.6 Å². The van der Waals surface area contributed by atoms with Crippen LogP contribution >= 0.6 is 15.9 Å². The first-order valence-electron chi connectivity index (χ1n) is 10.6. The summed E-state index contributed by atoms with van der Waals surface area (Å²) in [5.74, 6) is -1.37. The Balaban J connectivity index is 1.94. The van der Waals surface area contributed by atoms with E-state index in [1.807, 2.05) is 0 Å². The van der Waals surface area contributed by atoms with Crippen LogP contribution in [0.2, 0.25) is 0 Å². The molecule has 0 aliphatic rings. The largest absolute Gasteiger partial charge is 0.493 e. The van der Waals surface area contributed by atoms with Crippen LogP contribution in [0.1, 0.15) is 22.8 Å². The summed E-state index contributed by atoms with van der Waals surface area (Å²) < 4.78 is 36.1. The standard InChI is InChI=1S/C25H18BrN3O8S/c1-15(30)20-8-3-4-9-22(20)28-25(31)17(14-27)10-16-11-21(26)24(23(12-16)36-2)37-38(34,35)19-7-5-6-18(13-19)29(32)33/h3-13H,1-2H3,(H,28,31)/b17-10-. The van der Waals surface area contributed by atoms with Gasteiger partial charge in [-0.25, -0.2) is 0 Å². The Morgan fingerprint density at radius 1 is 1.13 bits per heavy atom. The second-order valence-corrected chi connectivity index (χ2v) is 9.95. The number of Topliss-reactive ketones (excluding diaryl/α,β-unsaturated/α-hetero) is 1. The number of nitriles is 1. The second kappa shape index (κ2) is 11.7. The molecule has 0 atom stereocenters. The number of nitro groups is 1. The normalized spacial score (nSPS) is 11.3. The maximum absolute atomic E-state index is 12.8. The van der Waals surface area contributed by atoms with Gasteiger partial charge >= 0.3 is 10.1 Å². The first kappa shape index (κ1) is 28.0. The number of carbonyl (C=O) groups is 2. The minimum absolute atomic E-state index is 0.0701. The summed E-state index contributed by atoms with van der Waals surface area (Å²) in [7, 11) is -3.25. The van der Waals surface area contributed by atoms with Crippen molar-refractivity contribution in [2.45, 2.75) is 11.8 Å². The highest BCUT2D eigenvalue weighted by Gasteiger charge is 2.24. The molecule has 194 valence electrons. The predicted octanol–water partition coefficient (Wildman–Crippen LogP) is 4.88. The predicted molar refractivity (Wildman–Crippen MR) is 140 cm³/mol. The number of ether oxygens (including phenoxy) is 1. The molecule has 1 N–H and O–H groups in total. The average molecular weight is 600 g/mol. The Morgan fingerprint density at radius 3 is 2.47 bits per heavy atom. The number of nitrogens with one attached hydrogen (secondary N) is 1. The van der Waals surface area contributed by atoms with E-state index in [1.54, 1.807) is 18.2 Å². The molecule has 38 heavy (non-hydrogen) atoms.